The van der Waals surface area contributed by atoms with Gasteiger partial charge in [-0.05, 0) is 36.2 Å². The Morgan fingerprint density at radius 3 is 2.50 bits per heavy atom. The summed E-state index contributed by atoms with van der Waals surface area (Å²) >= 11 is 1.14. The van der Waals surface area contributed by atoms with Crippen molar-refractivity contribution in [3.63, 3.8) is 0 Å². The number of nitrogens with zero attached hydrogens (tertiary/aromatic N) is 1. The number of nitrogens with one attached hydrogen (secondary N) is 1. The number of halogens is 1. The molecule has 1 unspecified atom stereocenters. The monoisotopic (exact) mass is 476 g/mol. The summed E-state index contributed by atoms with van der Waals surface area (Å²) in [5.41, 5.74) is 2.16. The van der Waals surface area contributed by atoms with E-state index in [1.807, 2.05) is 0 Å². The van der Waals surface area contributed by atoms with Gasteiger partial charge in [0.2, 0.25) is 15.9 Å². The zero-order chi connectivity index (χ0) is 22.2. The molecule has 1 aromatic carbocycles. The smallest absolute Gasteiger partial charge is 0.245 e. The summed E-state index contributed by atoms with van der Waals surface area (Å²) in [4.78, 5) is 13.1. The van der Waals surface area contributed by atoms with Crippen LogP contribution < -0.4 is 5.48 Å². The third-order valence-electron chi connectivity index (χ3n) is 5.19. The predicted octanol–water partition coefficient (Wildman–Crippen LogP) is 1.73. The van der Waals surface area contributed by atoms with Gasteiger partial charge in [0.1, 0.15) is 10.6 Å². The van der Waals surface area contributed by atoms with Crippen molar-refractivity contribution in [3.05, 3.63) is 47.1 Å². The molecule has 0 bridgehead atoms. The lowest BCUT2D eigenvalue weighted by molar-refractivity contribution is -0.129. The van der Waals surface area contributed by atoms with Crippen LogP contribution in [0.4, 0.5) is 4.39 Å². The molecule has 0 radical (unpaired) electrons. The van der Waals surface area contributed by atoms with Crippen LogP contribution in [0.1, 0.15) is 17.7 Å². The van der Waals surface area contributed by atoms with Crippen molar-refractivity contribution in [3.8, 4) is 10.4 Å². The van der Waals surface area contributed by atoms with Gasteiger partial charge in [0.25, 0.3) is 0 Å². The molecule has 1 aromatic heterocycles. The average Bonchev–Trinajstić information content (AvgIpc) is 3.11. The molecule has 1 aliphatic heterocycles. The number of sulfonamides is 1. The SMILES string of the molecule is CS(=O)(=O)N1CCC(CC(=O)NO)(c2ccc(-c3ccc(F)cc3)s2)S(=O)(=O)CC1. The number of thiophene rings is 1. The van der Waals surface area contributed by atoms with E-state index in [9.17, 15) is 26.0 Å². The maximum atomic E-state index is 13.3. The van der Waals surface area contributed by atoms with E-state index >= 15 is 0 Å². The molecule has 8 nitrogen and oxygen atoms in total. The van der Waals surface area contributed by atoms with Crippen LogP contribution in [0.5, 0.6) is 0 Å². The normalized spacial score (nSPS) is 22.4. The van der Waals surface area contributed by atoms with Crippen molar-refractivity contribution >= 4 is 37.1 Å². The lowest BCUT2D eigenvalue weighted by atomic mass is 9.97. The molecular formula is C18H21FN2O6S3. The molecule has 3 rings (SSSR count). The number of benzene rings is 1. The quantitative estimate of drug-likeness (QED) is 0.501. The third kappa shape index (κ3) is 4.42. The molecule has 1 fully saturated rings. The average molecular weight is 477 g/mol. The first-order chi connectivity index (χ1) is 14.0. The fourth-order valence-corrected chi connectivity index (χ4v) is 8.10. The van der Waals surface area contributed by atoms with E-state index in [1.54, 1.807) is 24.3 Å². The topological polar surface area (TPSA) is 121 Å². The van der Waals surface area contributed by atoms with Crippen LogP contribution in [-0.4, -0.2) is 57.4 Å². The van der Waals surface area contributed by atoms with E-state index in [2.05, 4.69) is 0 Å². The van der Waals surface area contributed by atoms with Crippen molar-refractivity contribution in [1.82, 2.24) is 9.79 Å². The molecule has 1 atom stereocenters. The first kappa shape index (κ1) is 22.8. The summed E-state index contributed by atoms with van der Waals surface area (Å²) in [5.74, 6) is -1.75. The van der Waals surface area contributed by atoms with Crippen molar-refractivity contribution in [2.24, 2.45) is 0 Å². The van der Waals surface area contributed by atoms with Crippen molar-refractivity contribution < 1.29 is 31.2 Å². The van der Waals surface area contributed by atoms with Gasteiger partial charge in [0, 0.05) is 22.8 Å². The van der Waals surface area contributed by atoms with Gasteiger partial charge >= 0.3 is 0 Å². The van der Waals surface area contributed by atoms with Crippen molar-refractivity contribution in [2.45, 2.75) is 17.6 Å². The van der Waals surface area contributed by atoms with E-state index in [-0.39, 0.29) is 19.5 Å². The Labute approximate surface area is 178 Å². The summed E-state index contributed by atoms with van der Waals surface area (Å²) in [5, 5.41) is 9.02. The Morgan fingerprint density at radius 1 is 1.23 bits per heavy atom. The number of amides is 1. The Kier molecular flexibility index (Phi) is 6.35. The maximum Gasteiger partial charge on any atom is 0.245 e. The highest BCUT2D eigenvalue weighted by atomic mass is 32.2. The fourth-order valence-electron chi connectivity index (χ4n) is 3.53. The Balaban J connectivity index is 2.10. The highest BCUT2D eigenvalue weighted by Crippen LogP contribution is 2.45. The molecule has 2 N–H and O–H groups in total. The van der Waals surface area contributed by atoms with Gasteiger partial charge in [-0.2, -0.15) is 0 Å². The molecule has 2 aromatic rings. The molecule has 1 amide bonds. The van der Waals surface area contributed by atoms with E-state index in [1.165, 1.54) is 17.6 Å². The molecule has 0 spiro atoms. The number of hydroxylamine groups is 1. The second kappa shape index (κ2) is 8.35. The van der Waals surface area contributed by atoms with Gasteiger partial charge in [-0.25, -0.2) is 31.0 Å². The highest BCUT2D eigenvalue weighted by Gasteiger charge is 2.50. The first-order valence-electron chi connectivity index (χ1n) is 8.95. The Hall–Kier alpha value is -1.86. The predicted molar refractivity (Wildman–Crippen MR) is 111 cm³/mol. The second-order valence-electron chi connectivity index (χ2n) is 7.11. The third-order valence-corrected chi connectivity index (χ3v) is 10.4. The van der Waals surface area contributed by atoms with Gasteiger partial charge in [-0.1, -0.05) is 12.1 Å². The Bertz CT molecular complexity index is 1140. The molecular weight excluding hydrogens is 455 g/mol. The van der Waals surface area contributed by atoms with Gasteiger partial charge in [-0.15, -0.1) is 11.3 Å². The molecule has 2 heterocycles. The summed E-state index contributed by atoms with van der Waals surface area (Å²) in [6, 6.07) is 8.96. The van der Waals surface area contributed by atoms with Gasteiger partial charge < -0.3 is 0 Å². The fraction of sp³-hybridized carbons (Fsp3) is 0.389. The number of sulfone groups is 1. The summed E-state index contributed by atoms with van der Waals surface area (Å²) in [7, 11) is -7.60. The largest absolute Gasteiger partial charge is 0.289 e. The Morgan fingerprint density at radius 2 is 1.90 bits per heavy atom. The molecule has 12 heteroatoms. The van der Waals surface area contributed by atoms with Gasteiger partial charge in [0.15, 0.2) is 9.84 Å². The zero-order valence-electron chi connectivity index (χ0n) is 16.0. The van der Waals surface area contributed by atoms with E-state index < -0.39 is 48.5 Å². The molecule has 0 aliphatic carbocycles. The maximum absolute atomic E-state index is 13.3. The highest BCUT2D eigenvalue weighted by molar-refractivity contribution is 7.92. The number of carbonyl (C=O) groups is 1. The van der Waals surface area contributed by atoms with Crippen molar-refractivity contribution in [1.29, 1.82) is 0 Å². The lowest BCUT2D eigenvalue weighted by Crippen LogP contribution is -2.41. The number of hydrogen-bond acceptors (Lipinski definition) is 7. The lowest BCUT2D eigenvalue weighted by Gasteiger charge is -2.30. The van der Waals surface area contributed by atoms with Crippen molar-refractivity contribution in [2.75, 3.05) is 25.1 Å². The van der Waals surface area contributed by atoms with Crippen LogP contribution in [-0.2, 0) is 29.4 Å². The molecule has 0 saturated carbocycles. The standard InChI is InChI=1S/C18H21FN2O6S3/c1-29(24,25)21-9-8-18(12-17(22)20-23,30(26,27)11-10-21)16-7-6-15(28-16)13-2-4-14(19)5-3-13/h2-7,23H,8-12H2,1H3,(H,20,22). The van der Waals surface area contributed by atoms with Crippen LogP contribution in [0.3, 0.4) is 0 Å². The van der Waals surface area contributed by atoms with Crippen LogP contribution in [0, 0.1) is 5.82 Å². The summed E-state index contributed by atoms with van der Waals surface area (Å²) in [6.45, 7) is -0.291. The molecule has 30 heavy (non-hydrogen) atoms. The van der Waals surface area contributed by atoms with Gasteiger partial charge in [0.05, 0.1) is 18.4 Å². The molecule has 1 aliphatic rings. The molecule has 1 saturated heterocycles. The first-order valence-corrected chi connectivity index (χ1v) is 13.3. The van der Waals surface area contributed by atoms with Crippen LogP contribution in [0.15, 0.2) is 36.4 Å². The summed E-state index contributed by atoms with van der Waals surface area (Å²) < 4.78 is 63.2. The summed E-state index contributed by atoms with van der Waals surface area (Å²) in [6.07, 6.45) is 0.316. The number of rotatable bonds is 5. The van der Waals surface area contributed by atoms with E-state index in [0.29, 0.717) is 15.3 Å². The van der Waals surface area contributed by atoms with Gasteiger partial charge in [-0.3, -0.25) is 10.0 Å². The minimum atomic E-state index is -3.98. The minimum Gasteiger partial charge on any atom is -0.289 e. The van der Waals surface area contributed by atoms with Crippen LogP contribution in [0.2, 0.25) is 0 Å². The number of carbonyl (C=O) groups excluding carboxylic acids is 1. The van der Waals surface area contributed by atoms with Crippen LogP contribution in [0.25, 0.3) is 10.4 Å². The number of hydrogen-bond donors (Lipinski definition) is 2. The van der Waals surface area contributed by atoms with E-state index in [4.69, 9.17) is 5.21 Å². The van der Waals surface area contributed by atoms with Crippen LogP contribution >= 0.6 is 11.3 Å². The molecule has 164 valence electrons. The second-order valence-corrected chi connectivity index (χ2v) is 12.6. The van der Waals surface area contributed by atoms with E-state index in [0.717, 1.165) is 21.9 Å². The zero-order valence-corrected chi connectivity index (χ0v) is 18.5. The minimum absolute atomic E-state index is 0.0828.